The molecule has 2 rings (SSSR count). The first-order chi connectivity index (χ1) is 9.35. The molecular formula is C18H29N. The van der Waals surface area contributed by atoms with Crippen LogP contribution in [0.5, 0.6) is 0 Å². The Morgan fingerprint density at radius 2 is 2.00 bits per heavy atom. The molecule has 0 heterocycles. The number of benzene rings is 1. The summed E-state index contributed by atoms with van der Waals surface area (Å²) in [5.74, 6) is 0.861. The maximum atomic E-state index is 3.67. The van der Waals surface area contributed by atoms with E-state index in [9.17, 15) is 0 Å². The Kier molecular flexibility index (Phi) is 5.91. The van der Waals surface area contributed by atoms with E-state index in [0.29, 0.717) is 6.04 Å². The van der Waals surface area contributed by atoms with Crippen LogP contribution in [0.15, 0.2) is 24.3 Å². The Balaban J connectivity index is 1.90. The van der Waals surface area contributed by atoms with E-state index >= 15 is 0 Å². The Bertz CT molecular complexity index is 368. The van der Waals surface area contributed by atoms with Gasteiger partial charge in [0.2, 0.25) is 0 Å². The first kappa shape index (κ1) is 14.6. The molecule has 19 heavy (non-hydrogen) atoms. The smallest absolute Gasteiger partial charge is 0.00676 e. The summed E-state index contributed by atoms with van der Waals surface area (Å²) in [7, 11) is 0. The van der Waals surface area contributed by atoms with Gasteiger partial charge in [0.15, 0.2) is 0 Å². The molecule has 1 unspecified atom stereocenters. The SMILES string of the molecule is CCCNC(CC)CCc1ccccc1C1CCC1. The molecule has 106 valence electrons. The molecule has 1 aromatic rings. The van der Waals surface area contributed by atoms with E-state index in [4.69, 9.17) is 0 Å². The molecule has 1 aromatic carbocycles. The Morgan fingerprint density at radius 3 is 2.63 bits per heavy atom. The molecule has 1 atom stereocenters. The van der Waals surface area contributed by atoms with Crippen molar-refractivity contribution in [3.63, 3.8) is 0 Å². The number of rotatable bonds is 8. The molecule has 1 aliphatic carbocycles. The highest BCUT2D eigenvalue weighted by molar-refractivity contribution is 5.31. The van der Waals surface area contributed by atoms with Gasteiger partial charge >= 0.3 is 0 Å². The Labute approximate surface area is 118 Å². The van der Waals surface area contributed by atoms with E-state index in [1.807, 2.05) is 0 Å². The van der Waals surface area contributed by atoms with Gasteiger partial charge < -0.3 is 5.32 Å². The number of hydrogen-bond acceptors (Lipinski definition) is 1. The lowest BCUT2D eigenvalue weighted by molar-refractivity contribution is 0.414. The summed E-state index contributed by atoms with van der Waals surface area (Å²) in [5.41, 5.74) is 3.24. The van der Waals surface area contributed by atoms with Crippen molar-refractivity contribution in [2.24, 2.45) is 0 Å². The van der Waals surface area contributed by atoms with Gasteiger partial charge in [-0.1, -0.05) is 44.5 Å². The van der Waals surface area contributed by atoms with Crippen molar-refractivity contribution in [2.75, 3.05) is 6.54 Å². The second-order valence-corrected chi connectivity index (χ2v) is 5.92. The topological polar surface area (TPSA) is 12.0 Å². The molecule has 0 saturated heterocycles. The lowest BCUT2D eigenvalue weighted by Gasteiger charge is -2.28. The van der Waals surface area contributed by atoms with Crippen LogP contribution in [0.4, 0.5) is 0 Å². The highest BCUT2D eigenvalue weighted by atomic mass is 14.9. The number of nitrogens with one attached hydrogen (secondary N) is 1. The molecule has 1 aliphatic rings. The van der Waals surface area contributed by atoms with Crippen molar-refractivity contribution < 1.29 is 0 Å². The third-order valence-electron chi connectivity index (χ3n) is 4.54. The maximum absolute atomic E-state index is 3.67. The minimum Gasteiger partial charge on any atom is -0.314 e. The van der Waals surface area contributed by atoms with Crippen LogP contribution in [0.3, 0.4) is 0 Å². The van der Waals surface area contributed by atoms with Crippen LogP contribution < -0.4 is 5.32 Å². The van der Waals surface area contributed by atoms with Crippen LogP contribution in [0.1, 0.15) is 69.4 Å². The van der Waals surface area contributed by atoms with Gasteiger partial charge in [0.05, 0.1) is 0 Å². The standard InChI is InChI=1S/C18H29N/c1-3-14-19-17(4-2)13-12-16-8-5-6-11-18(16)15-9-7-10-15/h5-6,8,11,15,17,19H,3-4,7,9-10,12-14H2,1-2H3. The molecule has 0 amide bonds. The van der Waals surface area contributed by atoms with Crippen molar-refractivity contribution in [2.45, 2.75) is 70.8 Å². The summed E-state index contributed by atoms with van der Waals surface area (Å²) in [6.07, 6.45) is 9.22. The van der Waals surface area contributed by atoms with Crippen LogP contribution in [0.2, 0.25) is 0 Å². The van der Waals surface area contributed by atoms with E-state index in [0.717, 1.165) is 12.5 Å². The molecule has 1 saturated carbocycles. The molecule has 0 bridgehead atoms. The number of aryl methyl sites for hydroxylation is 1. The van der Waals surface area contributed by atoms with E-state index in [1.54, 1.807) is 11.1 Å². The van der Waals surface area contributed by atoms with Gasteiger partial charge in [-0.15, -0.1) is 0 Å². The average Bonchev–Trinajstić information content (AvgIpc) is 2.39. The van der Waals surface area contributed by atoms with Crippen molar-refractivity contribution in [3.05, 3.63) is 35.4 Å². The van der Waals surface area contributed by atoms with Gasteiger partial charge in [-0.25, -0.2) is 0 Å². The van der Waals surface area contributed by atoms with Crippen molar-refractivity contribution >= 4 is 0 Å². The predicted octanol–water partition coefficient (Wildman–Crippen LogP) is 4.66. The third-order valence-corrected chi connectivity index (χ3v) is 4.54. The summed E-state index contributed by atoms with van der Waals surface area (Å²) in [4.78, 5) is 0. The van der Waals surface area contributed by atoms with Crippen molar-refractivity contribution in [1.29, 1.82) is 0 Å². The molecule has 0 radical (unpaired) electrons. The normalized spacial score (nSPS) is 17.2. The molecule has 1 nitrogen and oxygen atoms in total. The molecule has 0 aromatic heterocycles. The Morgan fingerprint density at radius 1 is 1.21 bits per heavy atom. The molecule has 1 heteroatoms. The number of hydrogen-bond donors (Lipinski definition) is 1. The maximum Gasteiger partial charge on any atom is 0.00676 e. The summed E-state index contributed by atoms with van der Waals surface area (Å²) in [6, 6.07) is 9.82. The fourth-order valence-electron chi connectivity index (χ4n) is 3.01. The summed E-state index contributed by atoms with van der Waals surface area (Å²) in [6.45, 7) is 5.69. The van der Waals surface area contributed by atoms with Gasteiger partial charge in [-0.05, 0) is 62.1 Å². The van der Waals surface area contributed by atoms with Crippen molar-refractivity contribution in [1.82, 2.24) is 5.32 Å². The molecule has 0 aliphatic heterocycles. The van der Waals surface area contributed by atoms with Gasteiger partial charge in [-0.2, -0.15) is 0 Å². The van der Waals surface area contributed by atoms with Crippen LogP contribution in [-0.4, -0.2) is 12.6 Å². The van der Waals surface area contributed by atoms with Crippen LogP contribution in [0, 0.1) is 0 Å². The second-order valence-electron chi connectivity index (χ2n) is 5.92. The summed E-state index contributed by atoms with van der Waals surface area (Å²) < 4.78 is 0. The Hall–Kier alpha value is -0.820. The van der Waals surface area contributed by atoms with Gasteiger partial charge in [0.25, 0.3) is 0 Å². The lowest BCUT2D eigenvalue weighted by atomic mass is 9.77. The zero-order chi connectivity index (χ0) is 13.5. The van der Waals surface area contributed by atoms with E-state index in [2.05, 4.69) is 43.4 Å². The highest BCUT2D eigenvalue weighted by Crippen LogP contribution is 2.38. The lowest BCUT2D eigenvalue weighted by Crippen LogP contribution is -2.29. The van der Waals surface area contributed by atoms with E-state index in [1.165, 1.54) is 44.9 Å². The van der Waals surface area contributed by atoms with Crippen LogP contribution in [-0.2, 0) is 6.42 Å². The zero-order valence-corrected chi connectivity index (χ0v) is 12.6. The van der Waals surface area contributed by atoms with E-state index < -0.39 is 0 Å². The van der Waals surface area contributed by atoms with Gasteiger partial charge in [0, 0.05) is 6.04 Å². The first-order valence-electron chi connectivity index (χ1n) is 8.16. The third kappa shape index (κ3) is 4.07. The zero-order valence-electron chi connectivity index (χ0n) is 12.6. The largest absolute Gasteiger partial charge is 0.314 e. The molecular weight excluding hydrogens is 230 g/mol. The molecule has 0 spiro atoms. The minimum atomic E-state index is 0.689. The van der Waals surface area contributed by atoms with Gasteiger partial charge in [0.1, 0.15) is 0 Å². The minimum absolute atomic E-state index is 0.689. The highest BCUT2D eigenvalue weighted by Gasteiger charge is 2.21. The summed E-state index contributed by atoms with van der Waals surface area (Å²) >= 11 is 0. The quantitative estimate of drug-likeness (QED) is 0.715. The summed E-state index contributed by atoms with van der Waals surface area (Å²) in [5, 5.41) is 3.67. The second kappa shape index (κ2) is 7.69. The molecule has 1 N–H and O–H groups in total. The first-order valence-corrected chi connectivity index (χ1v) is 8.16. The van der Waals surface area contributed by atoms with Crippen LogP contribution in [0.25, 0.3) is 0 Å². The van der Waals surface area contributed by atoms with E-state index in [-0.39, 0.29) is 0 Å². The monoisotopic (exact) mass is 259 g/mol. The van der Waals surface area contributed by atoms with Crippen LogP contribution >= 0.6 is 0 Å². The predicted molar refractivity (Wildman–Crippen MR) is 83.7 cm³/mol. The fourth-order valence-corrected chi connectivity index (χ4v) is 3.01. The van der Waals surface area contributed by atoms with Crippen molar-refractivity contribution in [3.8, 4) is 0 Å². The fraction of sp³-hybridized carbons (Fsp3) is 0.667. The molecule has 1 fully saturated rings. The van der Waals surface area contributed by atoms with Gasteiger partial charge in [-0.3, -0.25) is 0 Å². The average molecular weight is 259 g/mol.